The second-order valence-corrected chi connectivity index (χ2v) is 3.03. The molecule has 3 nitrogen and oxygen atoms in total. The molecule has 1 saturated carbocycles. The molecule has 60 valence electrons. The first-order chi connectivity index (χ1) is 4.73. The summed E-state index contributed by atoms with van der Waals surface area (Å²) in [6.07, 6.45) is 9.00. The second-order valence-electron chi connectivity index (χ2n) is 2.42. The molecule has 0 aromatic carbocycles. The molecule has 1 aliphatic carbocycles. The quantitative estimate of drug-likeness (QED) is 0.538. The molecule has 0 spiro atoms. The van der Waals surface area contributed by atoms with Gasteiger partial charge >= 0.3 is 8.18 Å². The summed E-state index contributed by atoms with van der Waals surface area (Å²) in [6.45, 7) is 0. The van der Waals surface area contributed by atoms with E-state index in [1.54, 1.807) is 0 Å². The van der Waals surface area contributed by atoms with Gasteiger partial charge in [0.2, 0.25) is 0 Å². The molecule has 0 saturated heterocycles. The van der Waals surface area contributed by atoms with Crippen molar-refractivity contribution >= 4 is 8.18 Å². The molecule has 0 aromatic rings. The molecule has 0 amide bonds. The monoisotopic (exact) mass is 164 g/mol. The minimum Gasteiger partial charge on any atom is -0.144 e. The Labute approximate surface area is 62.5 Å². The van der Waals surface area contributed by atoms with Crippen LogP contribution in [0.1, 0.15) is 38.5 Å². The van der Waals surface area contributed by atoms with Gasteiger partial charge in [0.1, 0.15) is 0 Å². The summed E-state index contributed by atoms with van der Waals surface area (Å²) in [5.41, 5.74) is 4.18. The molecule has 1 fully saturated rings. The number of nitrogens with two attached hydrogens (primary N) is 1. The van der Waals surface area contributed by atoms with Gasteiger partial charge in [0, 0.05) is 0 Å². The smallest absolute Gasteiger partial charge is 0.144 e. The van der Waals surface area contributed by atoms with Gasteiger partial charge in [0.15, 0.2) is 0 Å². The van der Waals surface area contributed by atoms with E-state index in [4.69, 9.17) is 9.46 Å². The molecular weight excluding hydrogens is 149 g/mol. The van der Waals surface area contributed by atoms with E-state index < -0.39 is 8.18 Å². The maximum atomic E-state index is 8.93. The highest BCUT2D eigenvalue weighted by Gasteiger charge is 1.95. The lowest BCUT2D eigenvalue weighted by molar-refractivity contribution is 0.504. The van der Waals surface area contributed by atoms with Gasteiger partial charge < -0.3 is 0 Å². The van der Waals surface area contributed by atoms with E-state index in [0.717, 1.165) is 0 Å². The standard InChI is InChI=1S/C6H12.H2NO2P/c1-2-4-6-5-3-1;1-4(2)3/h1-6H2;(H2-,1,2,3)/p+1. The fraction of sp³-hybridized carbons (Fsp3) is 1.00. The summed E-state index contributed by atoms with van der Waals surface area (Å²) < 4.78 is 8.93. The zero-order chi connectivity index (χ0) is 7.82. The van der Waals surface area contributed by atoms with Crippen LogP contribution in [-0.4, -0.2) is 4.89 Å². The van der Waals surface area contributed by atoms with Crippen LogP contribution in [0.25, 0.3) is 0 Å². The van der Waals surface area contributed by atoms with Crippen LogP contribution in [0.15, 0.2) is 0 Å². The molecule has 0 heterocycles. The summed E-state index contributed by atoms with van der Waals surface area (Å²) in [5.74, 6) is 0. The second kappa shape index (κ2) is 7.13. The van der Waals surface area contributed by atoms with Crippen LogP contribution in [-0.2, 0) is 4.57 Å². The third kappa shape index (κ3) is 10.9. The lowest BCUT2D eigenvalue weighted by atomic mass is 10.0. The molecular formula is C6H15NO2P+. The summed E-state index contributed by atoms with van der Waals surface area (Å²) >= 11 is 0. The fourth-order valence-electron chi connectivity index (χ4n) is 1.06. The average molecular weight is 164 g/mol. The van der Waals surface area contributed by atoms with E-state index in [-0.39, 0.29) is 0 Å². The molecule has 10 heavy (non-hydrogen) atoms. The van der Waals surface area contributed by atoms with Gasteiger partial charge in [-0.25, -0.2) is 0 Å². The molecule has 1 atom stereocenters. The van der Waals surface area contributed by atoms with Gasteiger partial charge in [0.25, 0.3) is 0 Å². The van der Waals surface area contributed by atoms with Gasteiger partial charge in [-0.2, -0.15) is 0 Å². The summed E-state index contributed by atoms with van der Waals surface area (Å²) in [6, 6.07) is 0. The van der Waals surface area contributed by atoms with Gasteiger partial charge in [-0.1, -0.05) is 44.0 Å². The van der Waals surface area contributed by atoms with Crippen molar-refractivity contribution in [2.75, 3.05) is 0 Å². The number of rotatable bonds is 0. The zero-order valence-electron chi connectivity index (χ0n) is 6.12. The third-order valence-corrected chi connectivity index (χ3v) is 1.50. The Hall–Kier alpha value is 0.0200. The van der Waals surface area contributed by atoms with E-state index in [2.05, 4.69) is 5.50 Å². The van der Waals surface area contributed by atoms with Crippen molar-refractivity contribution < 1.29 is 9.46 Å². The molecule has 0 bridgehead atoms. The highest BCUT2D eigenvalue weighted by molar-refractivity contribution is 7.35. The highest BCUT2D eigenvalue weighted by atomic mass is 31.1. The summed E-state index contributed by atoms with van der Waals surface area (Å²) in [5, 5.41) is 0. The maximum absolute atomic E-state index is 8.93. The SMILES string of the molecule is C1CCCCC1.N[P+](=O)O. The Balaban J connectivity index is 0.000000180. The van der Waals surface area contributed by atoms with Crippen molar-refractivity contribution in [2.45, 2.75) is 38.5 Å². The predicted molar refractivity (Wildman–Crippen MR) is 41.7 cm³/mol. The lowest BCUT2D eigenvalue weighted by Gasteiger charge is -2.05. The molecule has 3 N–H and O–H groups in total. The number of hydrogen-bond acceptors (Lipinski definition) is 1. The van der Waals surface area contributed by atoms with Gasteiger partial charge in [-0.3, -0.25) is 0 Å². The summed E-state index contributed by atoms with van der Waals surface area (Å²) in [7, 11) is -2.37. The minimum atomic E-state index is -2.37. The van der Waals surface area contributed by atoms with E-state index in [9.17, 15) is 0 Å². The minimum absolute atomic E-state index is 1.50. The lowest BCUT2D eigenvalue weighted by Crippen LogP contribution is -1.85. The fourth-order valence-corrected chi connectivity index (χ4v) is 1.06. The molecule has 0 radical (unpaired) electrons. The van der Waals surface area contributed by atoms with Crippen LogP contribution in [0.2, 0.25) is 0 Å². The van der Waals surface area contributed by atoms with E-state index in [0.29, 0.717) is 0 Å². The molecule has 0 aliphatic heterocycles. The third-order valence-electron chi connectivity index (χ3n) is 1.50. The predicted octanol–water partition coefficient (Wildman–Crippen LogP) is 1.94. The topological polar surface area (TPSA) is 63.3 Å². The first kappa shape index (κ1) is 10.0. The van der Waals surface area contributed by atoms with Crippen LogP contribution >= 0.6 is 8.18 Å². The van der Waals surface area contributed by atoms with Crippen molar-refractivity contribution in [3.8, 4) is 0 Å². The van der Waals surface area contributed by atoms with Crippen molar-refractivity contribution in [1.29, 1.82) is 0 Å². The van der Waals surface area contributed by atoms with Crippen molar-refractivity contribution in [3.05, 3.63) is 0 Å². The molecule has 4 heteroatoms. The summed E-state index contributed by atoms with van der Waals surface area (Å²) in [4.78, 5) is 7.34. The maximum Gasteiger partial charge on any atom is 0.607 e. The Morgan fingerprint density at radius 1 is 1.00 bits per heavy atom. The van der Waals surface area contributed by atoms with Crippen molar-refractivity contribution in [3.63, 3.8) is 0 Å². The first-order valence-corrected chi connectivity index (χ1v) is 4.92. The van der Waals surface area contributed by atoms with Crippen molar-refractivity contribution in [1.82, 2.24) is 0 Å². The van der Waals surface area contributed by atoms with Crippen molar-refractivity contribution in [2.24, 2.45) is 5.50 Å². The van der Waals surface area contributed by atoms with Crippen LogP contribution in [0, 0.1) is 0 Å². The van der Waals surface area contributed by atoms with Gasteiger partial charge in [-0.05, 0) is 4.57 Å². The van der Waals surface area contributed by atoms with Crippen LogP contribution in [0.4, 0.5) is 0 Å². The average Bonchev–Trinajstić information content (AvgIpc) is 1.90. The Morgan fingerprint density at radius 3 is 1.20 bits per heavy atom. The van der Waals surface area contributed by atoms with Gasteiger partial charge in [0.05, 0.1) is 0 Å². The molecule has 1 unspecified atom stereocenters. The Bertz CT molecular complexity index is 78.2. The van der Waals surface area contributed by atoms with E-state index in [1.807, 2.05) is 0 Å². The van der Waals surface area contributed by atoms with E-state index >= 15 is 0 Å². The largest absolute Gasteiger partial charge is 0.607 e. The first-order valence-electron chi connectivity index (χ1n) is 3.64. The normalized spacial score (nSPS) is 18.8. The zero-order valence-corrected chi connectivity index (χ0v) is 7.02. The van der Waals surface area contributed by atoms with Gasteiger partial charge in [-0.15, -0.1) is 4.89 Å². The highest BCUT2D eigenvalue weighted by Crippen LogP contribution is 2.15. The molecule has 0 aromatic heterocycles. The van der Waals surface area contributed by atoms with Crippen LogP contribution in [0.3, 0.4) is 0 Å². The molecule has 1 rings (SSSR count). The number of hydrogen-bond donors (Lipinski definition) is 2. The Kier molecular flexibility index (Phi) is 7.15. The van der Waals surface area contributed by atoms with E-state index in [1.165, 1.54) is 38.5 Å². The Morgan fingerprint density at radius 2 is 1.10 bits per heavy atom. The molecule has 1 aliphatic rings. The van der Waals surface area contributed by atoms with Crippen LogP contribution < -0.4 is 5.50 Å². The van der Waals surface area contributed by atoms with Crippen LogP contribution in [0.5, 0.6) is 0 Å².